The van der Waals surface area contributed by atoms with E-state index in [1.165, 1.54) is 12.6 Å². The molecule has 0 heterocycles. The lowest BCUT2D eigenvalue weighted by molar-refractivity contribution is 0.0940. The lowest BCUT2D eigenvalue weighted by atomic mass is 9.86. The van der Waals surface area contributed by atoms with Gasteiger partial charge in [-0.2, -0.15) is 0 Å². The van der Waals surface area contributed by atoms with Gasteiger partial charge in [-0.15, -0.1) is 0 Å². The minimum Gasteiger partial charge on any atom is -0.345 e. The average molecular weight is 465 g/mol. The molecule has 1 amide bonds. The van der Waals surface area contributed by atoms with Crippen LogP contribution in [-0.4, -0.2) is 21.4 Å². The highest BCUT2D eigenvalue weighted by Crippen LogP contribution is 2.27. The van der Waals surface area contributed by atoms with Crippen molar-refractivity contribution in [2.24, 2.45) is 0 Å². The second kappa shape index (κ2) is 9.40. The molecule has 0 fully saturated rings. The van der Waals surface area contributed by atoms with Crippen LogP contribution in [0.1, 0.15) is 60.8 Å². The number of nitrogens with one attached hydrogen (secondary N) is 1. The van der Waals surface area contributed by atoms with Crippen LogP contribution in [0.15, 0.2) is 77.7 Å². The Morgan fingerprint density at radius 1 is 0.909 bits per heavy atom. The van der Waals surface area contributed by atoms with Crippen LogP contribution in [0.2, 0.25) is 0 Å². The second-order valence-electron chi connectivity index (χ2n) is 9.37. The fourth-order valence-corrected chi connectivity index (χ4v) is 4.78. The number of benzene rings is 3. The first-order valence-corrected chi connectivity index (χ1v) is 12.4. The molecule has 0 aliphatic carbocycles. The Balaban J connectivity index is 1.84. The van der Waals surface area contributed by atoms with Crippen LogP contribution in [0.5, 0.6) is 0 Å². The molecule has 3 aromatic rings. The minimum absolute atomic E-state index is 0.0531. The van der Waals surface area contributed by atoms with Crippen LogP contribution < -0.4 is 9.62 Å². The third-order valence-electron chi connectivity index (χ3n) is 5.79. The zero-order valence-electron chi connectivity index (χ0n) is 20.1. The average Bonchev–Trinajstić information content (AvgIpc) is 2.78. The lowest BCUT2D eigenvalue weighted by Crippen LogP contribution is -2.32. The van der Waals surface area contributed by atoms with Crippen molar-refractivity contribution < 1.29 is 13.2 Å². The predicted molar refractivity (Wildman–Crippen MR) is 134 cm³/mol. The van der Waals surface area contributed by atoms with E-state index in [-0.39, 0.29) is 22.3 Å². The molecule has 1 N–H and O–H groups in total. The summed E-state index contributed by atoms with van der Waals surface area (Å²) in [6.45, 7) is 10.3. The maximum absolute atomic E-state index is 13.2. The van der Waals surface area contributed by atoms with E-state index in [0.717, 1.165) is 15.4 Å². The number of aryl methyl sites for hydroxylation is 1. The van der Waals surface area contributed by atoms with Crippen LogP contribution in [0, 0.1) is 6.92 Å². The SMILES string of the molecule is Cc1ccc(S(=O)(=O)N(C)c2ccccc2C(=O)NC(C)c2ccc(C(C)(C)C)cc2)cc1. The Labute approximate surface area is 197 Å². The summed E-state index contributed by atoms with van der Waals surface area (Å²) in [7, 11) is -2.34. The van der Waals surface area contributed by atoms with Gasteiger partial charge in [0.25, 0.3) is 15.9 Å². The number of para-hydroxylation sites is 1. The Kier molecular flexibility index (Phi) is 6.98. The molecule has 174 valence electrons. The first-order valence-electron chi connectivity index (χ1n) is 11.0. The van der Waals surface area contributed by atoms with Gasteiger partial charge in [-0.3, -0.25) is 9.10 Å². The van der Waals surface area contributed by atoms with Crippen LogP contribution in [-0.2, 0) is 15.4 Å². The molecule has 0 saturated heterocycles. The summed E-state index contributed by atoms with van der Waals surface area (Å²) in [6, 6.07) is 21.4. The molecule has 1 unspecified atom stereocenters. The topological polar surface area (TPSA) is 66.5 Å². The monoisotopic (exact) mass is 464 g/mol. The molecule has 1 atom stereocenters. The van der Waals surface area contributed by atoms with E-state index < -0.39 is 10.0 Å². The molecule has 0 radical (unpaired) electrons. The van der Waals surface area contributed by atoms with Crippen molar-refractivity contribution in [1.82, 2.24) is 5.32 Å². The smallest absolute Gasteiger partial charge is 0.264 e. The molecular formula is C27H32N2O3S. The van der Waals surface area contributed by atoms with Crippen molar-refractivity contribution in [2.75, 3.05) is 11.4 Å². The molecule has 6 heteroatoms. The van der Waals surface area contributed by atoms with Gasteiger partial charge in [0, 0.05) is 7.05 Å². The molecule has 3 aromatic carbocycles. The molecule has 33 heavy (non-hydrogen) atoms. The fraction of sp³-hybridized carbons (Fsp3) is 0.296. The molecular weight excluding hydrogens is 432 g/mol. The summed E-state index contributed by atoms with van der Waals surface area (Å²) < 4.78 is 27.5. The maximum Gasteiger partial charge on any atom is 0.264 e. The number of carbonyl (C=O) groups is 1. The number of anilines is 1. The summed E-state index contributed by atoms with van der Waals surface area (Å²) in [5.41, 5.74) is 3.85. The van der Waals surface area contributed by atoms with Crippen LogP contribution >= 0.6 is 0 Å². The standard InChI is InChI=1S/C27H32N2O3S/c1-19-11-17-23(18-12-19)33(31,32)29(6)25-10-8-7-9-24(25)26(30)28-20(2)21-13-15-22(16-14-21)27(3,4)5/h7-18,20H,1-6H3,(H,28,30). The molecule has 0 aromatic heterocycles. The summed E-state index contributed by atoms with van der Waals surface area (Å²) in [6.07, 6.45) is 0. The first-order chi connectivity index (χ1) is 15.4. The summed E-state index contributed by atoms with van der Waals surface area (Å²) in [5.74, 6) is -0.330. The van der Waals surface area contributed by atoms with Gasteiger partial charge in [0.1, 0.15) is 0 Å². The number of amides is 1. The molecule has 0 aliphatic heterocycles. The third-order valence-corrected chi connectivity index (χ3v) is 7.58. The van der Waals surface area contributed by atoms with Crippen LogP contribution in [0.3, 0.4) is 0 Å². The van der Waals surface area contributed by atoms with E-state index in [2.05, 4.69) is 38.2 Å². The molecule has 3 rings (SSSR count). The Bertz CT molecular complexity index is 1230. The summed E-state index contributed by atoms with van der Waals surface area (Å²) in [4.78, 5) is 13.3. The normalized spacial score (nSPS) is 12.8. The highest BCUT2D eigenvalue weighted by Gasteiger charge is 2.25. The number of hydrogen-bond acceptors (Lipinski definition) is 3. The van der Waals surface area contributed by atoms with E-state index in [4.69, 9.17) is 0 Å². The summed E-state index contributed by atoms with van der Waals surface area (Å²) >= 11 is 0. The van der Waals surface area contributed by atoms with E-state index in [9.17, 15) is 13.2 Å². The van der Waals surface area contributed by atoms with Crippen molar-refractivity contribution in [2.45, 2.75) is 51.0 Å². The van der Waals surface area contributed by atoms with Gasteiger partial charge >= 0.3 is 0 Å². The van der Waals surface area contributed by atoms with Crippen molar-refractivity contribution in [3.8, 4) is 0 Å². The van der Waals surface area contributed by atoms with Gasteiger partial charge in [0.2, 0.25) is 0 Å². The van der Waals surface area contributed by atoms with Crippen molar-refractivity contribution in [3.63, 3.8) is 0 Å². The number of sulfonamides is 1. The van der Waals surface area contributed by atoms with Crippen molar-refractivity contribution in [1.29, 1.82) is 0 Å². The number of nitrogens with zero attached hydrogens (tertiary/aromatic N) is 1. The third kappa shape index (κ3) is 5.45. The highest BCUT2D eigenvalue weighted by molar-refractivity contribution is 7.92. The van der Waals surface area contributed by atoms with E-state index in [1.54, 1.807) is 48.5 Å². The van der Waals surface area contributed by atoms with E-state index in [1.807, 2.05) is 26.0 Å². The number of hydrogen-bond donors (Lipinski definition) is 1. The predicted octanol–water partition coefficient (Wildman–Crippen LogP) is 5.61. The van der Waals surface area contributed by atoms with Gasteiger partial charge in [-0.25, -0.2) is 8.42 Å². The fourth-order valence-electron chi connectivity index (χ4n) is 3.57. The highest BCUT2D eigenvalue weighted by atomic mass is 32.2. The number of rotatable bonds is 6. The van der Waals surface area contributed by atoms with E-state index >= 15 is 0 Å². The maximum atomic E-state index is 13.2. The van der Waals surface area contributed by atoms with Gasteiger partial charge < -0.3 is 5.32 Å². The minimum atomic E-state index is -3.81. The molecule has 0 bridgehead atoms. The van der Waals surface area contributed by atoms with E-state index in [0.29, 0.717) is 11.3 Å². The van der Waals surface area contributed by atoms with Gasteiger partial charge in [-0.05, 0) is 54.7 Å². The van der Waals surface area contributed by atoms with Crippen molar-refractivity contribution in [3.05, 3.63) is 95.1 Å². The molecule has 0 saturated carbocycles. The summed E-state index contributed by atoms with van der Waals surface area (Å²) in [5, 5.41) is 3.00. The van der Waals surface area contributed by atoms with Gasteiger partial charge in [0.05, 0.1) is 22.2 Å². The van der Waals surface area contributed by atoms with Gasteiger partial charge in [-0.1, -0.05) is 74.9 Å². The first kappa shape index (κ1) is 24.5. The Morgan fingerprint density at radius 2 is 1.48 bits per heavy atom. The molecule has 0 aliphatic rings. The Morgan fingerprint density at radius 3 is 2.06 bits per heavy atom. The van der Waals surface area contributed by atoms with Crippen LogP contribution in [0.25, 0.3) is 0 Å². The zero-order valence-corrected chi connectivity index (χ0v) is 20.9. The second-order valence-corrected chi connectivity index (χ2v) is 11.3. The zero-order chi connectivity index (χ0) is 24.4. The van der Waals surface area contributed by atoms with Crippen molar-refractivity contribution >= 4 is 21.6 Å². The van der Waals surface area contributed by atoms with Gasteiger partial charge in [0.15, 0.2) is 0 Å². The largest absolute Gasteiger partial charge is 0.345 e. The molecule has 0 spiro atoms. The quantitative estimate of drug-likeness (QED) is 0.516. The number of carbonyl (C=O) groups excluding carboxylic acids is 1. The molecule has 5 nitrogen and oxygen atoms in total. The van der Waals surface area contributed by atoms with Crippen LogP contribution in [0.4, 0.5) is 5.69 Å². The Hall–Kier alpha value is -3.12. The lowest BCUT2D eigenvalue weighted by Gasteiger charge is -2.23.